The molecule has 0 atom stereocenters. The number of nitrogens with one attached hydrogen (secondary N) is 1. The number of halogens is 1. The molecular formula is C6H6ClN3O. The van der Waals surface area contributed by atoms with Crippen molar-refractivity contribution in [1.29, 1.82) is 0 Å². The number of nitrogens with two attached hydrogens (primary N) is 1. The van der Waals surface area contributed by atoms with E-state index in [1.54, 1.807) is 0 Å². The Hall–Kier alpha value is -1.13. The number of aromatic nitrogens is 1. The Bertz CT molecular complexity index is 276. The second-order valence-electron chi connectivity index (χ2n) is 1.87. The van der Waals surface area contributed by atoms with Crippen LogP contribution in [0.3, 0.4) is 0 Å². The maximum Gasteiger partial charge on any atom is 0.266 e. The third-order valence-electron chi connectivity index (χ3n) is 1.10. The van der Waals surface area contributed by atoms with Crippen LogP contribution in [0.2, 0.25) is 5.02 Å². The zero-order chi connectivity index (χ0) is 8.27. The molecule has 0 radical (unpaired) electrons. The molecule has 0 aromatic carbocycles. The summed E-state index contributed by atoms with van der Waals surface area (Å²) in [4.78, 5) is 14.5. The summed E-state index contributed by atoms with van der Waals surface area (Å²) in [6.07, 6.45) is 2.82. The predicted molar refractivity (Wildman–Crippen MR) is 40.9 cm³/mol. The van der Waals surface area contributed by atoms with Gasteiger partial charge < -0.3 is 0 Å². The lowest BCUT2D eigenvalue weighted by Gasteiger charge is -1.97. The van der Waals surface area contributed by atoms with E-state index < -0.39 is 5.91 Å². The van der Waals surface area contributed by atoms with Gasteiger partial charge in [0.05, 0.1) is 10.6 Å². The number of amides is 1. The van der Waals surface area contributed by atoms with E-state index in [1.807, 2.05) is 5.43 Å². The van der Waals surface area contributed by atoms with E-state index in [0.29, 0.717) is 10.6 Å². The highest BCUT2D eigenvalue weighted by Gasteiger charge is 2.02. The molecule has 11 heavy (non-hydrogen) atoms. The predicted octanol–water partition coefficient (Wildman–Crippen LogP) is 0.338. The van der Waals surface area contributed by atoms with Crippen molar-refractivity contribution < 1.29 is 4.79 Å². The van der Waals surface area contributed by atoms with Crippen LogP contribution >= 0.6 is 11.6 Å². The Kier molecular flexibility index (Phi) is 2.40. The standard InChI is InChI=1S/C6H6ClN3O/c7-5-1-4(2-9-3-5)6(11)10-8/h1-3H,8H2,(H,10,11). The molecule has 0 bridgehead atoms. The van der Waals surface area contributed by atoms with E-state index in [1.165, 1.54) is 18.5 Å². The van der Waals surface area contributed by atoms with Crippen molar-refractivity contribution in [2.24, 2.45) is 5.84 Å². The molecule has 3 N–H and O–H groups in total. The van der Waals surface area contributed by atoms with Crippen LogP contribution in [0.1, 0.15) is 10.4 Å². The zero-order valence-corrected chi connectivity index (χ0v) is 6.30. The second kappa shape index (κ2) is 3.32. The van der Waals surface area contributed by atoms with Crippen molar-refractivity contribution in [2.75, 3.05) is 0 Å². The lowest BCUT2D eigenvalue weighted by atomic mass is 10.3. The van der Waals surface area contributed by atoms with E-state index in [0.717, 1.165) is 0 Å². The minimum Gasteiger partial charge on any atom is -0.290 e. The molecule has 0 aliphatic carbocycles. The van der Waals surface area contributed by atoms with Crippen molar-refractivity contribution in [2.45, 2.75) is 0 Å². The van der Waals surface area contributed by atoms with E-state index >= 15 is 0 Å². The summed E-state index contributed by atoms with van der Waals surface area (Å²) in [5, 5.41) is 0.408. The topological polar surface area (TPSA) is 68.0 Å². The first-order valence-corrected chi connectivity index (χ1v) is 3.23. The largest absolute Gasteiger partial charge is 0.290 e. The molecule has 1 amide bonds. The molecular weight excluding hydrogens is 166 g/mol. The molecule has 1 aromatic heterocycles. The number of hydrogen-bond acceptors (Lipinski definition) is 3. The van der Waals surface area contributed by atoms with Gasteiger partial charge in [0.1, 0.15) is 0 Å². The van der Waals surface area contributed by atoms with Gasteiger partial charge in [-0.2, -0.15) is 0 Å². The average molecular weight is 172 g/mol. The van der Waals surface area contributed by atoms with Crippen LogP contribution < -0.4 is 11.3 Å². The highest BCUT2D eigenvalue weighted by atomic mass is 35.5. The Morgan fingerprint density at radius 2 is 2.36 bits per heavy atom. The maximum atomic E-state index is 10.8. The number of carbonyl (C=O) groups excluding carboxylic acids is 1. The van der Waals surface area contributed by atoms with E-state index in [4.69, 9.17) is 17.4 Å². The molecule has 1 rings (SSSR count). The summed E-state index contributed by atoms with van der Waals surface area (Å²) in [5.41, 5.74) is 2.32. The number of nitrogen functional groups attached to an aromatic ring is 1. The van der Waals surface area contributed by atoms with Gasteiger partial charge in [-0.25, -0.2) is 5.84 Å². The lowest BCUT2D eigenvalue weighted by Crippen LogP contribution is -2.29. The van der Waals surface area contributed by atoms with Crippen molar-refractivity contribution in [3.8, 4) is 0 Å². The molecule has 1 aromatic rings. The minimum atomic E-state index is -0.403. The first kappa shape index (κ1) is 7.97. The Morgan fingerprint density at radius 3 is 2.91 bits per heavy atom. The fraction of sp³-hybridized carbons (Fsp3) is 0. The van der Waals surface area contributed by atoms with Gasteiger partial charge in [0.2, 0.25) is 0 Å². The van der Waals surface area contributed by atoms with Gasteiger partial charge in [-0.15, -0.1) is 0 Å². The number of nitrogens with zero attached hydrogens (tertiary/aromatic N) is 1. The van der Waals surface area contributed by atoms with Crippen LogP contribution in [-0.4, -0.2) is 10.9 Å². The molecule has 0 fully saturated rings. The Balaban J connectivity index is 2.96. The third-order valence-corrected chi connectivity index (χ3v) is 1.30. The molecule has 0 unspecified atom stereocenters. The van der Waals surface area contributed by atoms with Gasteiger partial charge in [0.25, 0.3) is 5.91 Å². The fourth-order valence-corrected chi connectivity index (χ4v) is 0.793. The molecule has 4 nitrogen and oxygen atoms in total. The number of carbonyl (C=O) groups is 1. The fourth-order valence-electron chi connectivity index (χ4n) is 0.619. The van der Waals surface area contributed by atoms with Gasteiger partial charge in [-0.3, -0.25) is 15.2 Å². The van der Waals surface area contributed by atoms with Crippen molar-refractivity contribution in [3.05, 3.63) is 29.0 Å². The number of hydrazine groups is 1. The summed E-state index contributed by atoms with van der Waals surface area (Å²) in [6.45, 7) is 0. The summed E-state index contributed by atoms with van der Waals surface area (Å²) < 4.78 is 0. The summed E-state index contributed by atoms with van der Waals surface area (Å²) >= 11 is 5.56. The Morgan fingerprint density at radius 1 is 1.64 bits per heavy atom. The minimum absolute atomic E-state index is 0.347. The molecule has 58 valence electrons. The van der Waals surface area contributed by atoms with E-state index in [-0.39, 0.29) is 0 Å². The number of pyridine rings is 1. The van der Waals surface area contributed by atoms with Crippen molar-refractivity contribution >= 4 is 17.5 Å². The first-order valence-electron chi connectivity index (χ1n) is 2.85. The zero-order valence-electron chi connectivity index (χ0n) is 5.54. The molecule has 5 heteroatoms. The van der Waals surface area contributed by atoms with Crippen molar-refractivity contribution in [3.63, 3.8) is 0 Å². The smallest absolute Gasteiger partial charge is 0.266 e. The van der Waals surface area contributed by atoms with E-state index in [2.05, 4.69) is 4.98 Å². The first-order chi connectivity index (χ1) is 5.24. The third kappa shape index (κ3) is 1.89. The molecule has 1 heterocycles. The molecule has 0 saturated heterocycles. The van der Waals surface area contributed by atoms with Gasteiger partial charge >= 0.3 is 0 Å². The van der Waals surface area contributed by atoms with Crippen LogP contribution in [0.4, 0.5) is 0 Å². The van der Waals surface area contributed by atoms with Gasteiger partial charge in [0, 0.05) is 12.4 Å². The highest BCUT2D eigenvalue weighted by molar-refractivity contribution is 6.30. The quantitative estimate of drug-likeness (QED) is 0.364. The lowest BCUT2D eigenvalue weighted by molar-refractivity contribution is 0.0953. The Labute approximate surface area is 68.3 Å². The van der Waals surface area contributed by atoms with Crippen LogP contribution in [0.5, 0.6) is 0 Å². The summed E-state index contributed by atoms with van der Waals surface area (Å²) in [7, 11) is 0. The molecule has 0 aliphatic rings. The van der Waals surface area contributed by atoms with Gasteiger partial charge in [-0.05, 0) is 6.07 Å². The maximum absolute atomic E-state index is 10.8. The normalized spacial score (nSPS) is 9.27. The monoisotopic (exact) mass is 171 g/mol. The summed E-state index contributed by atoms with van der Waals surface area (Å²) in [6, 6.07) is 1.48. The van der Waals surface area contributed by atoms with Crippen LogP contribution in [0.15, 0.2) is 18.5 Å². The van der Waals surface area contributed by atoms with E-state index in [9.17, 15) is 4.79 Å². The van der Waals surface area contributed by atoms with Gasteiger partial charge in [0.15, 0.2) is 0 Å². The number of hydrogen-bond donors (Lipinski definition) is 2. The summed E-state index contributed by atoms with van der Waals surface area (Å²) in [5.74, 6) is 4.48. The van der Waals surface area contributed by atoms with Crippen molar-refractivity contribution in [1.82, 2.24) is 10.4 Å². The van der Waals surface area contributed by atoms with Gasteiger partial charge in [-0.1, -0.05) is 11.6 Å². The SMILES string of the molecule is NNC(=O)c1cncc(Cl)c1. The molecule has 0 aliphatic heterocycles. The number of rotatable bonds is 1. The molecule has 0 spiro atoms. The van der Waals surface area contributed by atoms with Crippen LogP contribution in [0, 0.1) is 0 Å². The molecule has 0 saturated carbocycles. The van der Waals surface area contributed by atoms with Crippen LogP contribution in [0.25, 0.3) is 0 Å². The van der Waals surface area contributed by atoms with Crippen LogP contribution in [-0.2, 0) is 0 Å². The average Bonchev–Trinajstić information content (AvgIpc) is 2.03. The second-order valence-corrected chi connectivity index (χ2v) is 2.30. The highest BCUT2D eigenvalue weighted by Crippen LogP contribution is 2.07.